The van der Waals surface area contributed by atoms with Crippen molar-refractivity contribution >= 4 is 11.3 Å². The number of fused-ring (bicyclic) bond motifs is 1. The van der Waals surface area contributed by atoms with Crippen LogP contribution in [0, 0.1) is 0 Å². The van der Waals surface area contributed by atoms with Gasteiger partial charge in [0.25, 0.3) is 0 Å². The van der Waals surface area contributed by atoms with Crippen LogP contribution in [0.25, 0.3) is 10.8 Å². The van der Waals surface area contributed by atoms with E-state index < -0.39 is 0 Å². The number of aryl methyl sites for hydroxylation is 2. The molecule has 1 aliphatic rings. The summed E-state index contributed by atoms with van der Waals surface area (Å²) in [7, 11) is 0. The highest BCUT2D eigenvalue weighted by molar-refractivity contribution is 7.13. The highest BCUT2D eigenvalue weighted by Crippen LogP contribution is 2.23. The van der Waals surface area contributed by atoms with Gasteiger partial charge in [0, 0.05) is 25.4 Å². The number of hydrogen-bond acceptors (Lipinski definition) is 6. The summed E-state index contributed by atoms with van der Waals surface area (Å²) in [6, 6.07) is 4.42. The predicted octanol–water partition coefficient (Wildman–Crippen LogP) is 2.66. The number of nitrogens with zero attached hydrogens (tertiary/aromatic N) is 4. The van der Waals surface area contributed by atoms with E-state index in [9.17, 15) is 0 Å². The fourth-order valence-electron chi connectivity index (χ4n) is 2.83. The van der Waals surface area contributed by atoms with Crippen LogP contribution >= 0.6 is 11.3 Å². The van der Waals surface area contributed by atoms with Gasteiger partial charge in [-0.25, -0.2) is 14.6 Å². The van der Waals surface area contributed by atoms with Gasteiger partial charge in [0.15, 0.2) is 5.82 Å². The van der Waals surface area contributed by atoms with Crippen LogP contribution in [-0.2, 0) is 25.9 Å². The molecule has 0 unspecified atom stereocenters. The van der Waals surface area contributed by atoms with Gasteiger partial charge in [-0.15, -0.1) is 11.3 Å². The molecule has 0 spiro atoms. The Morgan fingerprint density at radius 3 is 3.22 bits per heavy atom. The van der Waals surface area contributed by atoms with Gasteiger partial charge in [-0.05, 0) is 17.9 Å². The van der Waals surface area contributed by atoms with Crippen LogP contribution in [0.15, 0.2) is 28.2 Å². The van der Waals surface area contributed by atoms with E-state index in [-0.39, 0.29) is 0 Å². The average molecular weight is 329 g/mol. The zero-order valence-corrected chi connectivity index (χ0v) is 13.8. The first kappa shape index (κ1) is 14.6. The molecule has 7 heteroatoms. The fraction of sp³-hybridized carbons (Fsp3) is 0.438. The van der Waals surface area contributed by atoms with Crippen LogP contribution in [0.4, 0.5) is 0 Å². The van der Waals surface area contributed by atoms with Crippen LogP contribution in [-0.4, -0.2) is 25.8 Å². The SMILES string of the molecule is CCc1nc2n(n1)C[C@H](NCc1coc(-c3cccs3)n1)CC2. The lowest BCUT2D eigenvalue weighted by atomic mass is 10.1. The summed E-state index contributed by atoms with van der Waals surface area (Å²) in [6.07, 6.45) is 4.69. The molecule has 3 aromatic rings. The lowest BCUT2D eigenvalue weighted by molar-refractivity contribution is 0.356. The number of oxazole rings is 1. The van der Waals surface area contributed by atoms with E-state index in [1.54, 1.807) is 17.6 Å². The number of thiophene rings is 1. The highest BCUT2D eigenvalue weighted by atomic mass is 32.1. The number of nitrogens with one attached hydrogen (secondary N) is 1. The Labute approximate surface area is 138 Å². The fourth-order valence-corrected chi connectivity index (χ4v) is 3.48. The molecule has 6 nitrogen and oxygen atoms in total. The Kier molecular flexibility index (Phi) is 3.97. The maximum Gasteiger partial charge on any atom is 0.236 e. The zero-order chi connectivity index (χ0) is 15.6. The summed E-state index contributed by atoms with van der Waals surface area (Å²) in [5, 5.41) is 10.1. The van der Waals surface area contributed by atoms with Crippen molar-refractivity contribution in [1.82, 2.24) is 25.1 Å². The molecule has 1 atom stereocenters. The zero-order valence-electron chi connectivity index (χ0n) is 13.0. The van der Waals surface area contributed by atoms with Crippen molar-refractivity contribution in [1.29, 1.82) is 0 Å². The third-order valence-electron chi connectivity index (χ3n) is 4.07. The molecule has 0 radical (unpaired) electrons. The minimum absolute atomic E-state index is 0.399. The van der Waals surface area contributed by atoms with Crippen LogP contribution in [0.5, 0.6) is 0 Å². The largest absolute Gasteiger partial charge is 0.444 e. The Bertz CT molecular complexity index is 776. The van der Waals surface area contributed by atoms with Gasteiger partial charge in [-0.2, -0.15) is 5.10 Å². The molecule has 0 bridgehead atoms. The van der Waals surface area contributed by atoms with Crippen LogP contribution in [0.1, 0.15) is 30.7 Å². The molecule has 23 heavy (non-hydrogen) atoms. The first-order valence-electron chi connectivity index (χ1n) is 7.96. The molecular weight excluding hydrogens is 310 g/mol. The second-order valence-corrected chi connectivity index (χ2v) is 6.67. The lowest BCUT2D eigenvalue weighted by Crippen LogP contribution is -2.37. The van der Waals surface area contributed by atoms with Gasteiger partial charge in [-0.3, -0.25) is 0 Å². The molecule has 4 rings (SSSR count). The van der Waals surface area contributed by atoms with E-state index in [0.29, 0.717) is 18.5 Å². The Morgan fingerprint density at radius 1 is 1.43 bits per heavy atom. The van der Waals surface area contributed by atoms with Gasteiger partial charge in [0.2, 0.25) is 5.89 Å². The van der Waals surface area contributed by atoms with Crippen molar-refractivity contribution in [2.75, 3.05) is 0 Å². The van der Waals surface area contributed by atoms with E-state index >= 15 is 0 Å². The average Bonchev–Trinajstić information content (AvgIpc) is 3.30. The lowest BCUT2D eigenvalue weighted by Gasteiger charge is -2.23. The Morgan fingerprint density at radius 2 is 2.39 bits per heavy atom. The van der Waals surface area contributed by atoms with E-state index in [1.807, 2.05) is 22.2 Å². The summed E-state index contributed by atoms with van der Waals surface area (Å²) < 4.78 is 7.60. The van der Waals surface area contributed by atoms with Gasteiger partial charge >= 0.3 is 0 Å². The smallest absolute Gasteiger partial charge is 0.236 e. The van der Waals surface area contributed by atoms with Crippen molar-refractivity contribution in [2.24, 2.45) is 0 Å². The van der Waals surface area contributed by atoms with Crippen molar-refractivity contribution < 1.29 is 4.42 Å². The molecule has 0 saturated heterocycles. The number of rotatable bonds is 5. The van der Waals surface area contributed by atoms with Gasteiger partial charge in [0.05, 0.1) is 17.1 Å². The molecule has 0 saturated carbocycles. The molecule has 3 aromatic heterocycles. The Balaban J connectivity index is 1.36. The topological polar surface area (TPSA) is 68.8 Å². The van der Waals surface area contributed by atoms with Gasteiger partial charge in [-0.1, -0.05) is 13.0 Å². The maximum absolute atomic E-state index is 5.55. The summed E-state index contributed by atoms with van der Waals surface area (Å²) in [6.45, 7) is 3.68. The molecular formula is C16H19N5OS. The predicted molar refractivity (Wildman–Crippen MR) is 88.2 cm³/mol. The van der Waals surface area contributed by atoms with Crippen LogP contribution in [0.3, 0.4) is 0 Å². The molecule has 1 N–H and O–H groups in total. The first-order valence-corrected chi connectivity index (χ1v) is 8.84. The van der Waals surface area contributed by atoms with E-state index in [2.05, 4.69) is 27.3 Å². The quantitative estimate of drug-likeness (QED) is 0.779. The molecule has 0 amide bonds. The molecule has 0 aliphatic carbocycles. The molecule has 4 heterocycles. The maximum atomic E-state index is 5.55. The van der Waals surface area contributed by atoms with Crippen molar-refractivity contribution in [3.8, 4) is 10.8 Å². The molecule has 120 valence electrons. The summed E-state index contributed by atoms with van der Waals surface area (Å²) >= 11 is 1.64. The normalized spacial score (nSPS) is 17.3. The third-order valence-corrected chi connectivity index (χ3v) is 4.93. The summed E-state index contributed by atoms with van der Waals surface area (Å²) in [4.78, 5) is 10.2. The summed E-state index contributed by atoms with van der Waals surface area (Å²) in [5.41, 5.74) is 0.937. The van der Waals surface area contributed by atoms with Crippen LogP contribution in [0.2, 0.25) is 0 Å². The van der Waals surface area contributed by atoms with Crippen LogP contribution < -0.4 is 5.32 Å². The Hall–Kier alpha value is -1.99. The number of aromatic nitrogens is 4. The molecule has 1 aliphatic heterocycles. The second-order valence-electron chi connectivity index (χ2n) is 5.72. The van der Waals surface area contributed by atoms with E-state index in [1.165, 1.54) is 0 Å². The van der Waals surface area contributed by atoms with E-state index in [4.69, 9.17) is 4.42 Å². The van der Waals surface area contributed by atoms with Crippen molar-refractivity contribution in [3.05, 3.63) is 41.1 Å². The van der Waals surface area contributed by atoms with E-state index in [0.717, 1.165) is 48.0 Å². The minimum atomic E-state index is 0.399. The van der Waals surface area contributed by atoms with Crippen molar-refractivity contribution in [2.45, 2.75) is 45.3 Å². The third kappa shape index (κ3) is 3.07. The van der Waals surface area contributed by atoms with Gasteiger partial charge in [0.1, 0.15) is 12.1 Å². The summed E-state index contributed by atoms with van der Waals surface area (Å²) in [5.74, 6) is 2.76. The first-order chi connectivity index (χ1) is 11.3. The second kappa shape index (κ2) is 6.25. The molecule has 0 fully saturated rings. The monoisotopic (exact) mass is 329 g/mol. The highest BCUT2D eigenvalue weighted by Gasteiger charge is 2.21. The standard InChI is InChI=1S/C16H19N5OS/c1-2-14-19-15-6-5-11(9-21(15)20-14)17-8-12-10-22-16(18-12)13-4-3-7-23-13/h3-4,7,10-11,17H,2,5-6,8-9H2,1H3/t11-/m1/s1. The van der Waals surface area contributed by atoms with Crippen molar-refractivity contribution in [3.63, 3.8) is 0 Å². The molecule has 0 aromatic carbocycles. The number of hydrogen-bond donors (Lipinski definition) is 1. The van der Waals surface area contributed by atoms with Gasteiger partial charge < -0.3 is 9.73 Å². The minimum Gasteiger partial charge on any atom is -0.444 e.